The zero-order chi connectivity index (χ0) is 11.4. The zero-order valence-electron chi connectivity index (χ0n) is 9.61. The van der Waals surface area contributed by atoms with Crippen LogP contribution in [-0.4, -0.2) is 18.5 Å². The van der Waals surface area contributed by atoms with Crippen molar-refractivity contribution in [1.82, 2.24) is 0 Å². The van der Waals surface area contributed by atoms with Crippen LogP contribution in [-0.2, 0) is 0 Å². The average Bonchev–Trinajstić information content (AvgIpc) is 2.19. The second-order valence-corrected chi connectivity index (χ2v) is 4.19. The van der Waals surface area contributed by atoms with Gasteiger partial charge in [0, 0.05) is 12.7 Å². The molecule has 1 aromatic rings. The van der Waals surface area contributed by atoms with Crippen LogP contribution in [0.3, 0.4) is 0 Å². The minimum atomic E-state index is 0.812. The second kappa shape index (κ2) is 5.07. The highest BCUT2D eigenvalue weighted by Crippen LogP contribution is 2.25. The summed E-state index contributed by atoms with van der Waals surface area (Å²) in [6.45, 7) is 4.18. The molecule has 0 radical (unpaired) electrons. The van der Waals surface area contributed by atoms with E-state index < -0.39 is 0 Å². The van der Waals surface area contributed by atoms with Crippen LogP contribution in [0.1, 0.15) is 11.1 Å². The van der Waals surface area contributed by atoms with E-state index in [1.54, 1.807) is 11.8 Å². The number of anilines is 1. The van der Waals surface area contributed by atoms with Crippen molar-refractivity contribution in [1.29, 1.82) is 0 Å². The van der Waals surface area contributed by atoms with Crippen molar-refractivity contribution in [2.75, 3.05) is 18.2 Å². The highest BCUT2D eigenvalue weighted by molar-refractivity contribution is 8.13. The highest BCUT2D eigenvalue weighted by Gasteiger charge is 2.12. The fraction of sp³-hybridized carbons (Fsp3) is 0.364. The van der Waals surface area contributed by atoms with Gasteiger partial charge in [-0.15, -0.1) is 0 Å². The van der Waals surface area contributed by atoms with E-state index in [9.17, 15) is 0 Å². The molecule has 15 heavy (non-hydrogen) atoms. The molecule has 0 aliphatic rings. The van der Waals surface area contributed by atoms with Gasteiger partial charge in [0.1, 0.15) is 0 Å². The lowest BCUT2D eigenvalue weighted by atomic mass is 10.1. The highest BCUT2D eigenvalue weighted by atomic mass is 32.2. The summed E-state index contributed by atoms with van der Waals surface area (Å²) < 4.78 is 0. The molecule has 4 heteroatoms. The summed E-state index contributed by atoms with van der Waals surface area (Å²) in [5.41, 5.74) is 3.64. The molecule has 2 N–H and O–H groups in total. The Balaban J connectivity index is 3.16. The Kier molecular flexibility index (Phi) is 4.03. The molecule has 0 saturated carbocycles. The monoisotopic (exact) mass is 223 g/mol. The normalized spacial score (nSPS) is 11.6. The van der Waals surface area contributed by atoms with Gasteiger partial charge in [0.15, 0.2) is 5.17 Å². The van der Waals surface area contributed by atoms with Crippen LogP contribution in [0.4, 0.5) is 5.69 Å². The van der Waals surface area contributed by atoms with Gasteiger partial charge in [-0.2, -0.15) is 5.10 Å². The van der Waals surface area contributed by atoms with Crippen molar-refractivity contribution >= 4 is 22.6 Å². The number of amidine groups is 1. The molecule has 1 rings (SSSR count). The average molecular weight is 223 g/mol. The number of thioether (sulfide) groups is 1. The minimum Gasteiger partial charge on any atom is -0.322 e. The molecule has 0 unspecified atom stereocenters. The molecule has 0 atom stereocenters. The van der Waals surface area contributed by atoms with Crippen LogP contribution < -0.4 is 10.7 Å². The van der Waals surface area contributed by atoms with Crippen molar-refractivity contribution < 1.29 is 0 Å². The van der Waals surface area contributed by atoms with Crippen LogP contribution in [0.15, 0.2) is 23.3 Å². The number of nitrogens with zero attached hydrogens (tertiary/aromatic N) is 2. The SMILES string of the molecule is CSC(=NN)N(C)c1c(C)cccc1C. The van der Waals surface area contributed by atoms with Crippen molar-refractivity contribution in [2.24, 2.45) is 10.9 Å². The fourth-order valence-electron chi connectivity index (χ4n) is 1.71. The fourth-order valence-corrected chi connectivity index (χ4v) is 2.18. The molecule has 82 valence electrons. The van der Waals surface area contributed by atoms with Gasteiger partial charge >= 0.3 is 0 Å². The van der Waals surface area contributed by atoms with E-state index in [2.05, 4.69) is 37.1 Å². The maximum absolute atomic E-state index is 5.35. The summed E-state index contributed by atoms with van der Waals surface area (Å²) in [6.07, 6.45) is 1.97. The van der Waals surface area contributed by atoms with Crippen molar-refractivity contribution in [3.8, 4) is 0 Å². The van der Waals surface area contributed by atoms with Gasteiger partial charge in [-0.25, -0.2) is 0 Å². The van der Waals surface area contributed by atoms with Gasteiger partial charge in [-0.3, -0.25) is 0 Å². The van der Waals surface area contributed by atoms with Gasteiger partial charge in [-0.1, -0.05) is 30.0 Å². The third kappa shape index (κ3) is 2.45. The smallest absolute Gasteiger partial charge is 0.186 e. The Bertz CT molecular complexity index is 354. The molecule has 1 aromatic carbocycles. The molecule has 0 bridgehead atoms. The summed E-state index contributed by atoms with van der Waals surface area (Å²) in [4.78, 5) is 2.02. The molecular formula is C11H17N3S. The largest absolute Gasteiger partial charge is 0.322 e. The Labute approximate surface area is 95.3 Å². The summed E-state index contributed by atoms with van der Waals surface area (Å²) in [5, 5.41) is 4.58. The summed E-state index contributed by atoms with van der Waals surface area (Å²) >= 11 is 1.54. The number of aryl methyl sites for hydroxylation is 2. The van der Waals surface area contributed by atoms with E-state index in [0.29, 0.717) is 0 Å². The predicted octanol–water partition coefficient (Wildman–Crippen LogP) is 2.33. The summed E-state index contributed by atoms with van der Waals surface area (Å²) in [7, 11) is 1.98. The van der Waals surface area contributed by atoms with E-state index >= 15 is 0 Å². The van der Waals surface area contributed by atoms with Gasteiger partial charge in [0.05, 0.1) is 0 Å². The Morgan fingerprint density at radius 3 is 2.27 bits per heavy atom. The van der Waals surface area contributed by atoms with E-state index in [4.69, 9.17) is 5.84 Å². The van der Waals surface area contributed by atoms with Crippen molar-refractivity contribution in [3.05, 3.63) is 29.3 Å². The van der Waals surface area contributed by atoms with Crippen LogP contribution in [0.5, 0.6) is 0 Å². The standard InChI is InChI=1S/C11H17N3S/c1-8-6-5-7-9(2)10(8)14(3)11(13-12)15-4/h5-7H,12H2,1-4H3. The molecule has 0 fully saturated rings. The first-order valence-electron chi connectivity index (χ1n) is 4.73. The molecule has 3 nitrogen and oxygen atoms in total. The molecule has 0 aliphatic heterocycles. The van der Waals surface area contributed by atoms with E-state index in [1.165, 1.54) is 16.8 Å². The number of hydrogen-bond acceptors (Lipinski definition) is 3. The maximum atomic E-state index is 5.35. The Morgan fingerprint density at radius 2 is 1.87 bits per heavy atom. The van der Waals surface area contributed by atoms with Crippen LogP contribution in [0.2, 0.25) is 0 Å². The first-order valence-corrected chi connectivity index (χ1v) is 5.96. The molecule has 0 aromatic heterocycles. The Hall–Kier alpha value is -1.16. The lowest BCUT2D eigenvalue weighted by molar-refractivity contribution is 1.17. The van der Waals surface area contributed by atoms with Crippen LogP contribution in [0.25, 0.3) is 0 Å². The number of hydrogen-bond donors (Lipinski definition) is 1. The number of para-hydroxylation sites is 1. The molecular weight excluding hydrogens is 206 g/mol. The molecule has 0 heterocycles. The van der Waals surface area contributed by atoms with E-state index in [-0.39, 0.29) is 0 Å². The van der Waals surface area contributed by atoms with E-state index in [0.717, 1.165) is 5.17 Å². The first kappa shape index (κ1) is 11.9. The first-order chi connectivity index (χ1) is 7.11. The van der Waals surface area contributed by atoms with Gasteiger partial charge in [0.2, 0.25) is 0 Å². The quantitative estimate of drug-likeness (QED) is 0.344. The van der Waals surface area contributed by atoms with Gasteiger partial charge in [-0.05, 0) is 31.2 Å². The van der Waals surface area contributed by atoms with Crippen molar-refractivity contribution in [3.63, 3.8) is 0 Å². The number of rotatable bonds is 1. The molecule has 0 amide bonds. The third-order valence-electron chi connectivity index (χ3n) is 2.35. The van der Waals surface area contributed by atoms with Gasteiger partial charge < -0.3 is 10.7 Å². The lowest BCUT2D eigenvalue weighted by Gasteiger charge is -2.23. The zero-order valence-corrected chi connectivity index (χ0v) is 10.4. The van der Waals surface area contributed by atoms with Crippen LogP contribution in [0, 0.1) is 13.8 Å². The summed E-state index contributed by atoms with van der Waals surface area (Å²) in [5.74, 6) is 5.35. The molecule has 0 aliphatic carbocycles. The second-order valence-electron chi connectivity index (χ2n) is 3.42. The number of nitrogens with two attached hydrogens (primary N) is 1. The maximum Gasteiger partial charge on any atom is 0.186 e. The lowest BCUT2D eigenvalue weighted by Crippen LogP contribution is -2.26. The minimum absolute atomic E-state index is 0.812. The number of benzene rings is 1. The topological polar surface area (TPSA) is 41.6 Å². The van der Waals surface area contributed by atoms with E-state index in [1.807, 2.05) is 18.2 Å². The third-order valence-corrected chi connectivity index (χ3v) is 3.10. The Morgan fingerprint density at radius 1 is 1.33 bits per heavy atom. The molecule has 0 spiro atoms. The van der Waals surface area contributed by atoms with Crippen molar-refractivity contribution in [2.45, 2.75) is 13.8 Å². The number of hydrazone groups is 1. The van der Waals surface area contributed by atoms with Gasteiger partial charge in [0.25, 0.3) is 0 Å². The summed E-state index contributed by atoms with van der Waals surface area (Å²) in [6, 6.07) is 6.24. The predicted molar refractivity (Wildman–Crippen MR) is 69.5 cm³/mol. The van der Waals surface area contributed by atoms with Crippen LogP contribution >= 0.6 is 11.8 Å². The molecule has 0 saturated heterocycles.